The zero-order chi connectivity index (χ0) is 22.1. The normalized spacial score (nSPS) is 11.3. The van der Waals surface area contributed by atoms with Gasteiger partial charge in [0.25, 0.3) is 5.91 Å². The Morgan fingerprint density at radius 3 is 2.40 bits per heavy atom. The minimum atomic E-state index is -3.68. The highest BCUT2D eigenvalue weighted by Gasteiger charge is 2.18. The molecule has 0 aromatic heterocycles. The molecule has 0 atom stereocenters. The first-order valence-electron chi connectivity index (χ1n) is 9.73. The van der Waals surface area contributed by atoms with E-state index in [-0.39, 0.29) is 11.7 Å². The second kappa shape index (κ2) is 10.9. The molecule has 0 unspecified atom stereocenters. The maximum absolute atomic E-state index is 12.4. The van der Waals surface area contributed by atoms with Crippen LogP contribution in [0, 0.1) is 6.92 Å². The van der Waals surface area contributed by atoms with Gasteiger partial charge in [-0.15, -0.1) is 0 Å². The standard InChI is InChI=1S/C22H29N3O4S/c1-17-8-10-20(11-9-17)24-21(26)16-30(28,29)15-18-6-4-7-19(14-18)22(27)23-12-5-13-25(2)3/h4,6-11,14H,5,12-13,15-16H2,1-3H3,(H,23,27)(H,24,26). The molecule has 2 aromatic carbocycles. The van der Waals surface area contributed by atoms with E-state index >= 15 is 0 Å². The Labute approximate surface area is 178 Å². The first kappa shape index (κ1) is 23.6. The zero-order valence-electron chi connectivity index (χ0n) is 17.6. The molecule has 0 bridgehead atoms. The summed E-state index contributed by atoms with van der Waals surface area (Å²) in [5, 5.41) is 5.42. The summed E-state index contributed by atoms with van der Waals surface area (Å²) in [7, 11) is 0.246. The summed E-state index contributed by atoms with van der Waals surface area (Å²) in [5.74, 6) is -1.77. The van der Waals surface area contributed by atoms with E-state index in [0.717, 1.165) is 18.5 Å². The molecule has 0 aliphatic rings. The predicted molar refractivity (Wildman–Crippen MR) is 119 cm³/mol. The molecule has 0 spiro atoms. The van der Waals surface area contributed by atoms with Gasteiger partial charge >= 0.3 is 0 Å². The van der Waals surface area contributed by atoms with Gasteiger partial charge in [-0.2, -0.15) is 0 Å². The Balaban J connectivity index is 1.92. The number of amides is 2. The van der Waals surface area contributed by atoms with Gasteiger partial charge in [-0.3, -0.25) is 9.59 Å². The molecule has 0 radical (unpaired) electrons. The van der Waals surface area contributed by atoms with Crippen molar-refractivity contribution < 1.29 is 18.0 Å². The molecule has 0 fully saturated rings. The van der Waals surface area contributed by atoms with Crippen LogP contribution in [-0.4, -0.2) is 58.1 Å². The lowest BCUT2D eigenvalue weighted by Gasteiger charge is -2.10. The monoisotopic (exact) mass is 431 g/mol. The fourth-order valence-electron chi connectivity index (χ4n) is 2.84. The van der Waals surface area contributed by atoms with Gasteiger partial charge in [-0.25, -0.2) is 8.42 Å². The van der Waals surface area contributed by atoms with Gasteiger partial charge in [0.05, 0.1) is 5.75 Å². The second-order valence-corrected chi connectivity index (χ2v) is 9.62. The smallest absolute Gasteiger partial charge is 0.251 e. The summed E-state index contributed by atoms with van der Waals surface area (Å²) in [6.45, 7) is 3.33. The molecular weight excluding hydrogens is 402 g/mol. The lowest BCUT2D eigenvalue weighted by Crippen LogP contribution is -2.27. The van der Waals surface area contributed by atoms with Crippen LogP contribution in [0.5, 0.6) is 0 Å². The molecule has 0 saturated heterocycles. The van der Waals surface area contributed by atoms with Crippen LogP contribution in [0.2, 0.25) is 0 Å². The number of hydrogen-bond acceptors (Lipinski definition) is 5. The molecule has 0 heterocycles. The second-order valence-electron chi connectivity index (χ2n) is 7.56. The van der Waals surface area contributed by atoms with Crippen molar-refractivity contribution in [1.29, 1.82) is 0 Å². The minimum Gasteiger partial charge on any atom is -0.352 e. The minimum absolute atomic E-state index is 0.245. The number of nitrogens with zero attached hydrogens (tertiary/aromatic N) is 1. The quantitative estimate of drug-likeness (QED) is 0.563. The Hall–Kier alpha value is -2.71. The van der Waals surface area contributed by atoms with Crippen molar-refractivity contribution >= 4 is 27.3 Å². The van der Waals surface area contributed by atoms with Crippen LogP contribution in [0.25, 0.3) is 0 Å². The lowest BCUT2D eigenvalue weighted by atomic mass is 10.1. The SMILES string of the molecule is Cc1ccc(NC(=O)CS(=O)(=O)Cc2cccc(C(=O)NCCCN(C)C)c2)cc1. The van der Waals surface area contributed by atoms with E-state index in [1.807, 2.05) is 38.1 Å². The maximum atomic E-state index is 12.4. The number of nitrogens with one attached hydrogen (secondary N) is 2. The summed E-state index contributed by atoms with van der Waals surface area (Å²) >= 11 is 0. The van der Waals surface area contributed by atoms with Gasteiger partial charge in [-0.05, 0) is 63.8 Å². The highest BCUT2D eigenvalue weighted by atomic mass is 32.2. The fourth-order valence-corrected chi connectivity index (χ4v) is 4.10. The van der Waals surface area contributed by atoms with E-state index in [9.17, 15) is 18.0 Å². The number of anilines is 1. The highest BCUT2D eigenvalue weighted by Crippen LogP contribution is 2.12. The summed E-state index contributed by atoms with van der Waals surface area (Å²) in [6.07, 6.45) is 0.822. The summed E-state index contributed by atoms with van der Waals surface area (Å²) in [5.41, 5.74) is 2.46. The molecule has 2 N–H and O–H groups in total. The van der Waals surface area contributed by atoms with Crippen LogP contribution in [0.3, 0.4) is 0 Å². The van der Waals surface area contributed by atoms with Gasteiger partial charge in [-0.1, -0.05) is 29.8 Å². The largest absolute Gasteiger partial charge is 0.352 e. The first-order chi connectivity index (χ1) is 14.1. The van der Waals surface area contributed by atoms with Crippen molar-refractivity contribution in [2.45, 2.75) is 19.1 Å². The fraction of sp³-hybridized carbons (Fsp3) is 0.364. The molecule has 8 heteroatoms. The molecule has 0 aliphatic carbocycles. The summed E-state index contributed by atoms with van der Waals surface area (Å²) < 4.78 is 24.9. The third kappa shape index (κ3) is 8.34. The van der Waals surface area contributed by atoms with E-state index in [2.05, 4.69) is 10.6 Å². The molecular formula is C22H29N3O4S. The lowest BCUT2D eigenvalue weighted by molar-refractivity contribution is -0.113. The van der Waals surface area contributed by atoms with Gasteiger partial charge in [0.2, 0.25) is 5.91 Å². The molecule has 7 nitrogen and oxygen atoms in total. The Morgan fingerprint density at radius 2 is 1.73 bits per heavy atom. The molecule has 30 heavy (non-hydrogen) atoms. The van der Waals surface area contributed by atoms with Crippen molar-refractivity contribution in [2.24, 2.45) is 0 Å². The Morgan fingerprint density at radius 1 is 1.03 bits per heavy atom. The van der Waals surface area contributed by atoms with Crippen molar-refractivity contribution in [3.05, 3.63) is 65.2 Å². The van der Waals surface area contributed by atoms with Gasteiger partial charge in [0.1, 0.15) is 5.75 Å². The van der Waals surface area contributed by atoms with Crippen LogP contribution in [0.4, 0.5) is 5.69 Å². The molecule has 2 rings (SSSR count). The average Bonchev–Trinajstić information content (AvgIpc) is 2.66. The van der Waals surface area contributed by atoms with Gasteiger partial charge in [0.15, 0.2) is 9.84 Å². The molecule has 2 amide bonds. The van der Waals surface area contributed by atoms with Crippen LogP contribution in [0.1, 0.15) is 27.9 Å². The van der Waals surface area contributed by atoms with E-state index in [0.29, 0.717) is 23.4 Å². The number of benzene rings is 2. The third-order valence-electron chi connectivity index (χ3n) is 4.33. The van der Waals surface area contributed by atoms with Crippen molar-refractivity contribution in [3.8, 4) is 0 Å². The number of aryl methyl sites for hydroxylation is 1. The maximum Gasteiger partial charge on any atom is 0.251 e. The topological polar surface area (TPSA) is 95.6 Å². The molecule has 2 aromatic rings. The molecule has 0 saturated carbocycles. The van der Waals surface area contributed by atoms with Crippen LogP contribution in [0.15, 0.2) is 48.5 Å². The Kier molecular flexibility index (Phi) is 8.56. The number of carbonyl (C=O) groups is 2. The third-order valence-corrected chi connectivity index (χ3v) is 5.80. The average molecular weight is 432 g/mol. The van der Waals surface area contributed by atoms with Crippen molar-refractivity contribution in [1.82, 2.24) is 10.2 Å². The molecule has 0 aliphatic heterocycles. The van der Waals surface area contributed by atoms with E-state index in [1.54, 1.807) is 36.4 Å². The van der Waals surface area contributed by atoms with Gasteiger partial charge < -0.3 is 15.5 Å². The van der Waals surface area contributed by atoms with Crippen LogP contribution >= 0.6 is 0 Å². The highest BCUT2D eigenvalue weighted by molar-refractivity contribution is 7.91. The van der Waals surface area contributed by atoms with Crippen LogP contribution in [-0.2, 0) is 20.4 Å². The van der Waals surface area contributed by atoms with Crippen molar-refractivity contribution in [3.63, 3.8) is 0 Å². The van der Waals surface area contributed by atoms with Crippen molar-refractivity contribution in [2.75, 3.05) is 38.3 Å². The zero-order valence-corrected chi connectivity index (χ0v) is 18.5. The van der Waals surface area contributed by atoms with E-state index in [1.165, 1.54) is 0 Å². The summed E-state index contributed by atoms with van der Waals surface area (Å²) in [6, 6.07) is 13.6. The predicted octanol–water partition coefficient (Wildman–Crippen LogP) is 2.23. The van der Waals surface area contributed by atoms with Gasteiger partial charge in [0, 0.05) is 17.8 Å². The first-order valence-corrected chi connectivity index (χ1v) is 11.6. The number of rotatable bonds is 10. The Bertz CT molecular complexity index is 970. The van der Waals surface area contributed by atoms with Crippen LogP contribution < -0.4 is 10.6 Å². The number of sulfone groups is 1. The number of hydrogen-bond donors (Lipinski definition) is 2. The number of carbonyl (C=O) groups excluding carboxylic acids is 2. The molecule has 162 valence electrons. The van der Waals surface area contributed by atoms with E-state index in [4.69, 9.17) is 0 Å². The summed E-state index contributed by atoms with van der Waals surface area (Å²) in [4.78, 5) is 26.4. The van der Waals surface area contributed by atoms with E-state index < -0.39 is 21.5 Å².